The Morgan fingerprint density at radius 2 is 1.92 bits per heavy atom. The van der Waals surface area contributed by atoms with E-state index in [2.05, 4.69) is 4.90 Å². The third kappa shape index (κ3) is 5.57. The largest absolute Gasteiger partial charge is 0.494 e. The predicted molar refractivity (Wildman–Crippen MR) is 134 cm³/mol. The van der Waals surface area contributed by atoms with Crippen molar-refractivity contribution in [1.82, 2.24) is 14.5 Å². The Bertz CT molecular complexity index is 1280. The summed E-state index contributed by atoms with van der Waals surface area (Å²) in [6, 6.07) is 10.1. The van der Waals surface area contributed by atoms with Crippen LogP contribution in [0, 0.1) is 11.7 Å². The molecule has 1 amide bonds. The van der Waals surface area contributed by atoms with Gasteiger partial charge in [-0.2, -0.15) is 0 Å². The van der Waals surface area contributed by atoms with Crippen LogP contribution in [0.5, 0.6) is 5.75 Å². The SMILES string of the molecule is NC(=O)C(CC1CC1)n1c(-c2ccc(F)cc2)nc2ccc(OCCCN3CCOCC3)cc2c1=O. The summed E-state index contributed by atoms with van der Waals surface area (Å²) >= 11 is 0. The second kappa shape index (κ2) is 10.8. The van der Waals surface area contributed by atoms with E-state index in [4.69, 9.17) is 20.2 Å². The predicted octanol–water partition coefficient (Wildman–Crippen LogP) is 3.13. The van der Waals surface area contributed by atoms with Gasteiger partial charge in [0.15, 0.2) is 0 Å². The zero-order valence-electron chi connectivity index (χ0n) is 20.2. The topological polar surface area (TPSA) is 99.7 Å². The lowest BCUT2D eigenvalue weighted by Crippen LogP contribution is -2.37. The van der Waals surface area contributed by atoms with Crippen LogP contribution in [0.15, 0.2) is 47.3 Å². The van der Waals surface area contributed by atoms with Crippen LogP contribution in [0.25, 0.3) is 22.3 Å². The summed E-state index contributed by atoms with van der Waals surface area (Å²) in [5, 5.41) is 0.355. The van der Waals surface area contributed by atoms with Crippen molar-refractivity contribution in [2.45, 2.75) is 31.7 Å². The van der Waals surface area contributed by atoms with Gasteiger partial charge in [-0.05, 0) is 61.2 Å². The highest BCUT2D eigenvalue weighted by molar-refractivity contribution is 5.84. The van der Waals surface area contributed by atoms with Crippen molar-refractivity contribution >= 4 is 16.8 Å². The number of fused-ring (bicyclic) bond motifs is 1. The molecule has 1 aliphatic carbocycles. The molecule has 0 radical (unpaired) electrons. The first kappa shape index (κ1) is 24.4. The summed E-state index contributed by atoms with van der Waals surface area (Å²) in [7, 11) is 0. The highest BCUT2D eigenvalue weighted by Crippen LogP contribution is 2.37. The molecule has 1 saturated heterocycles. The maximum absolute atomic E-state index is 13.8. The second-order valence-electron chi connectivity index (χ2n) is 9.55. The number of halogens is 1. The molecule has 2 heterocycles. The number of rotatable bonds is 10. The minimum Gasteiger partial charge on any atom is -0.494 e. The number of hydrogen-bond donors (Lipinski definition) is 1. The molecule has 1 unspecified atom stereocenters. The van der Waals surface area contributed by atoms with Crippen LogP contribution in [0.3, 0.4) is 0 Å². The summed E-state index contributed by atoms with van der Waals surface area (Å²) in [4.78, 5) is 33.4. The van der Waals surface area contributed by atoms with E-state index in [1.807, 2.05) is 0 Å². The first-order valence-corrected chi connectivity index (χ1v) is 12.5. The number of morpholine rings is 1. The molecule has 1 saturated carbocycles. The molecule has 2 aliphatic rings. The molecule has 2 fully saturated rings. The van der Waals surface area contributed by atoms with Crippen LogP contribution in [0.4, 0.5) is 4.39 Å². The Morgan fingerprint density at radius 3 is 2.61 bits per heavy atom. The van der Waals surface area contributed by atoms with Gasteiger partial charge in [-0.3, -0.25) is 19.1 Å². The van der Waals surface area contributed by atoms with Gasteiger partial charge in [-0.15, -0.1) is 0 Å². The summed E-state index contributed by atoms with van der Waals surface area (Å²) in [6.45, 7) is 4.83. The molecule has 2 N–H and O–H groups in total. The minimum atomic E-state index is -0.833. The number of amides is 1. The molecular weight excluding hydrogens is 463 g/mol. The fourth-order valence-corrected chi connectivity index (χ4v) is 4.68. The first-order chi connectivity index (χ1) is 17.5. The summed E-state index contributed by atoms with van der Waals surface area (Å²) < 4.78 is 26.3. The summed E-state index contributed by atoms with van der Waals surface area (Å²) in [6.07, 6.45) is 3.35. The van der Waals surface area contributed by atoms with Gasteiger partial charge in [-0.25, -0.2) is 9.37 Å². The number of primary amides is 1. The van der Waals surface area contributed by atoms with Crippen LogP contribution in [0.1, 0.15) is 31.7 Å². The van der Waals surface area contributed by atoms with E-state index < -0.39 is 17.8 Å². The molecule has 190 valence electrons. The number of ether oxygens (including phenoxy) is 2. The number of aromatic nitrogens is 2. The molecule has 9 heteroatoms. The third-order valence-electron chi connectivity index (χ3n) is 6.86. The molecule has 0 spiro atoms. The lowest BCUT2D eigenvalue weighted by Gasteiger charge is -2.26. The monoisotopic (exact) mass is 494 g/mol. The molecule has 1 aromatic heterocycles. The Morgan fingerprint density at radius 1 is 1.17 bits per heavy atom. The van der Waals surface area contributed by atoms with E-state index in [-0.39, 0.29) is 5.56 Å². The van der Waals surface area contributed by atoms with Gasteiger partial charge < -0.3 is 15.2 Å². The average Bonchev–Trinajstić information content (AvgIpc) is 3.71. The Kier molecular flexibility index (Phi) is 7.29. The average molecular weight is 495 g/mol. The Labute approximate surface area is 208 Å². The van der Waals surface area contributed by atoms with E-state index in [1.165, 1.54) is 16.7 Å². The number of carbonyl (C=O) groups excluding carboxylic acids is 1. The van der Waals surface area contributed by atoms with Crippen LogP contribution in [-0.2, 0) is 9.53 Å². The number of benzene rings is 2. The molecule has 0 bridgehead atoms. The first-order valence-electron chi connectivity index (χ1n) is 12.5. The van der Waals surface area contributed by atoms with Crippen molar-refractivity contribution in [3.63, 3.8) is 0 Å². The van der Waals surface area contributed by atoms with Gasteiger partial charge >= 0.3 is 0 Å². The van der Waals surface area contributed by atoms with E-state index in [0.717, 1.165) is 52.1 Å². The van der Waals surface area contributed by atoms with Crippen LogP contribution in [0.2, 0.25) is 0 Å². The van der Waals surface area contributed by atoms with E-state index >= 15 is 0 Å². The molecule has 5 rings (SSSR count). The van der Waals surface area contributed by atoms with Crippen molar-refractivity contribution < 1.29 is 18.7 Å². The summed E-state index contributed by atoms with van der Waals surface area (Å²) in [5.74, 6) is 0.253. The van der Waals surface area contributed by atoms with Crippen molar-refractivity contribution in [2.24, 2.45) is 11.7 Å². The molecule has 36 heavy (non-hydrogen) atoms. The maximum atomic E-state index is 13.8. The zero-order valence-corrected chi connectivity index (χ0v) is 20.2. The smallest absolute Gasteiger partial charge is 0.262 e. The highest BCUT2D eigenvalue weighted by Gasteiger charge is 2.32. The lowest BCUT2D eigenvalue weighted by molar-refractivity contribution is -0.121. The van der Waals surface area contributed by atoms with Gasteiger partial charge in [-0.1, -0.05) is 12.8 Å². The van der Waals surface area contributed by atoms with Crippen LogP contribution < -0.4 is 16.0 Å². The number of carbonyl (C=O) groups is 1. The number of nitrogens with zero attached hydrogens (tertiary/aromatic N) is 3. The van der Waals surface area contributed by atoms with Gasteiger partial charge in [0.1, 0.15) is 23.4 Å². The molecule has 2 aromatic carbocycles. The van der Waals surface area contributed by atoms with Gasteiger partial charge in [0.25, 0.3) is 5.56 Å². The molecule has 1 aliphatic heterocycles. The van der Waals surface area contributed by atoms with Gasteiger partial charge in [0.2, 0.25) is 5.91 Å². The molecule has 1 atom stereocenters. The lowest BCUT2D eigenvalue weighted by atomic mass is 10.1. The zero-order chi connectivity index (χ0) is 25.1. The highest BCUT2D eigenvalue weighted by atomic mass is 19.1. The van der Waals surface area contributed by atoms with E-state index in [1.54, 1.807) is 30.3 Å². The third-order valence-corrected chi connectivity index (χ3v) is 6.86. The second-order valence-corrected chi connectivity index (χ2v) is 9.55. The van der Waals surface area contributed by atoms with Gasteiger partial charge in [0, 0.05) is 25.2 Å². The number of hydrogen-bond acceptors (Lipinski definition) is 6. The van der Waals surface area contributed by atoms with Crippen molar-refractivity contribution in [1.29, 1.82) is 0 Å². The standard InChI is InChI=1S/C27H31FN4O4/c28-20-6-4-19(5-7-20)26-30-23-9-8-21(36-13-1-10-31-11-14-35-15-12-31)17-22(23)27(34)32(26)24(25(29)33)16-18-2-3-18/h4-9,17-18,24H,1-3,10-16H2,(H2,29,33). The maximum Gasteiger partial charge on any atom is 0.262 e. The number of nitrogens with two attached hydrogens (primary N) is 1. The van der Waals surface area contributed by atoms with Crippen molar-refractivity contribution in [2.75, 3.05) is 39.5 Å². The van der Waals surface area contributed by atoms with Crippen molar-refractivity contribution in [3.8, 4) is 17.1 Å². The minimum absolute atomic E-state index is 0.302. The van der Waals surface area contributed by atoms with Crippen LogP contribution in [-0.4, -0.2) is 59.8 Å². The molecule has 8 nitrogen and oxygen atoms in total. The quantitative estimate of drug-likeness (QED) is 0.435. The fraction of sp³-hybridized carbons (Fsp3) is 0.444. The summed E-state index contributed by atoms with van der Waals surface area (Å²) in [5.41, 5.74) is 6.44. The molecular formula is C27H31FN4O4. The normalized spacial score (nSPS) is 17.2. The molecule has 3 aromatic rings. The van der Waals surface area contributed by atoms with E-state index in [9.17, 15) is 14.0 Å². The van der Waals surface area contributed by atoms with Gasteiger partial charge in [0.05, 0.1) is 30.7 Å². The van der Waals surface area contributed by atoms with Crippen LogP contribution >= 0.6 is 0 Å². The van der Waals surface area contributed by atoms with E-state index in [0.29, 0.717) is 47.0 Å². The van der Waals surface area contributed by atoms with Crippen molar-refractivity contribution in [3.05, 3.63) is 58.6 Å². The Hall–Kier alpha value is -3.30. The Balaban J connectivity index is 1.46. The fourth-order valence-electron chi connectivity index (χ4n) is 4.68.